The highest BCUT2D eigenvalue weighted by Gasteiger charge is 2.26. The second-order valence-corrected chi connectivity index (χ2v) is 6.78. The van der Waals surface area contributed by atoms with Gasteiger partial charge >= 0.3 is 12.0 Å². The van der Waals surface area contributed by atoms with Gasteiger partial charge in [-0.15, -0.1) is 0 Å². The summed E-state index contributed by atoms with van der Waals surface area (Å²) in [6.07, 6.45) is 0.952. The van der Waals surface area contributed by atoms with Gasteiger partial charge in [0, 0.05) is 30.9 Å². The number of carboxylic acid groups (broad SMARTS) is 1. The first-order valence-corrected chi connectivity index (χ1v) is 9.24. The molecular weight excluding hydrogens is 358 g/mol. The fourth-order valence-electron chi connectivity index (χ4n) is 3.17. The van der Waals surface area contributed by atoms with E-state index in [1.54, 1.807) is 35.2 Å². The van der Waals surface area contributed by atoms with Gasteiger partial charge < -0.3 is 20.6 Å². The molecule has 146 valence electrons. The van der Waals surface area contributed by atoms with Crippen molar-refractivity contribution in [3.05, 3.63) is 65.7 Å². The molecule has 3 amide bonds. The highest BCUT2D eigenvalue weighted by molar-refractivity contribution is 6.04. The largest absolute Gasteiger partial charge is 0.481 e. The van der Waals surface area contributed by atoms with Gasteiger partial charge in [0.05, 0.1) is 5.92 Å². The molecule has 7 nitrogen and oxygen atoms in total. The minimum absolute atomic E-state index is 0.192. The van der Waals surface area contributed by atoms with E-state index in [2.05, 4.69) is 10.6 Å². The van der Waals surface area contributed by atoms with E-state index in [1.165, 1.54) is 0 Å². The number of urea groups is 1. The zero-order chi connectivity index (χ0) is 19.9. The normalized spacial score (nSPS) is 14.4. The number of carboxylic acids is 1. The van der Waals surface area contributed by atoms with Crippen molar-refractivity contribution in [1.29, 1.82) is 0 Å². The smallest absolute Gasteiger partial charge is 0.317 e. The molecule has 2 aromatic carbocycles. The number of rotatable bonds is 5. The summed E-state index contributed by atoms with van der Waals surface area (Å²) < 4.78 is 0. The van der Waals surface area contributed by atoms with Crippen LogP contribution in [0.2, 0.25) is 0 Å². The number of nitrogens with zero attached hydrogens (tertiary/aromatic N) is 1. The minimum atomic E-state index is -0.797. The second-order valence-electron chi connectivity index (χ2n) is 6.78. The maximum absolute atomic E-state index is 12.3. The van der Waals surface area contributed by atoms with Gasteiger partial charge in [0.15, 0.2) is 0 Å². The first-order chi connectivity index (χ1) is 13.5. The van der Waals surface area contributed by atoms with Crippen molar-refractivity contribution in [2.45, 2.75) is 19.4 Å². The molecule has 1 heterocycles. The predicted octanol–water partition coefficient (Wildman–Crippen LogP) is 2.95. The van der Waals surface area contributed by atoms with E-state index in [9.17, 15) is 14.4 Å². The number of anilines is 1. The lowest BCUT2D eigenvalue weighted by molar-refractivity contribution is -0.143. The molecule has 1 aliphatic rings. The number of carbonyl (C=O) groups excluding carboxylic acids is 2. The van der Waals surface area contributed by atoms with Gasteiger partial charge in [-0.25, -0.2) is 4.79 Å². The molecule has 0 spiro atoms. The Bertz CT molecular complexity index is 846. The van der Waals surface area contributed by atoms with Crippen LogP contribution in [0.5, 0.6) is 0 Å². The van der Waals surface area contributed by atoms with E-state index < -0.39 is 5.97 Å². The summed E-state index contributed by atoms with van der Waals surface area (Å²) in [6, 6.07) is 16.0. The van der Waals surface area contributed by atoms with Crippen molar-refractivity contribution in [3.63, 3.8) is 0 Å². The first kappa shape index (κ1) is 19.4. The van der Waals surface area contributed by atoms with E-state index >= 15 is 0 Å². The zero-order valence-corrected chi connectivity index (χ0v) is 15.4. The average molecular weight is 381 g/mol. The second kappa shape index (κ2) is 9.03. The minimum Gasteiger partial charge on any atom is -0.481 e. The number of likely N-dealkylation sites (tertiary alicyclic amines) is 1. The van der Waals surface area contributed by atoms with Crippen LogP contribution < -0.4 is 10.6 Å². The van der Waals surface area contributed by atoms with Crippen molar-refractivity contribution in [3.8, 4) is 0 Å². The number of piperidine rings is 1. The Labute approximate surface area is 163 Å². The van der Waals surface area contributed by atoms with Crippen LogP contribution in [-0.4, -0.2) is 41.0 Å². The van der Waals surface area contributed by atoms with Gasteiger partial charge in [0.2, 0.25) is 0 Å². The molecule has 1 fully saturated rings. The van der Waals surface area contributed by atoms with Crippen molar-refractivity contribution in [1.82, 2.24) is 10.2 Å². The molecule has 0 saturated carbocycles. The maximum Gasteiger partial charge on any atom is 0.317 e. The van der Waals surface area contributed by atoms with Gasteiger partial charge in [0.1, 0.15) is 0 Å². The lowest BCUT2D eigenvalue weighted by Gasteiger charge is -2.30. The third-order valence-electron chi connectivity index (χ3n) is 4.80. The SMILES string of the molecule is O=C(Nc1cccc(CNC(=O)N2CCC(C(=O)O)CC2)c1)c1ccccc1. The Kier molecular flexibility index (Phi) is 6.26. The molecule has 0 radical (unpaired) electrons. The predicted molar refractivity (Wildman–Crippen MR) is 105 cm³/mol. The summed E-state index contributed by atoms with van der Waals surface area (Å²) in [5.41, 5.74) is 2.09. The zero-order valence-electron chi connectivity index (χ0n) is 15.4. The van der Waals surface area contributed by atoms with Crippen LogP contribution in [0.4, 0.5) is 10.5 Å². The molecule has 3 N–H and O–H groups in total. The number of amides is 3. The molecule has 28 heavy (non-hydrogen) atoms. The lowest BCUT2D eigenvalue weighted by Crippen LogP contribution is -2.45. The molecule has 0 aliphatic carbocycles. The summed E-state index contributed by atoms with van der Waals surface area (Å²) in [7, 11) is 0. The monoisotopic (exact) mass is 381 g/mol. The molecule has 1 saturated heterocycles. The van der Waals surface area contributed by atoms with E-state index in [1.807, 2.05) is 24.3 Å². The summed E-state index contributed by atoms with van der Waals surface area (Å²) in [6.45, 7) is 1.21. The first-order valence-electron chi connectivity index (χ1n) is 9.24. The van der Waals surface area contributed by atoms with Gasteiger partial charge in [-0.1, -0.05) is 30.3 Å². The molecule has 0 aromatic heterocycles. The maximum atomic E-state index is 12.3. The average Bonchev–Trinajstić information content (AvgIpc) is 2.73. The van der Waals surface area contributed by atoms with Gasteiger partial charge in [-0.3, -0.25) is 9.59 Å². The number of hydrogen-bond donors (Lipinski definition) is 3. The summed E-state index contributed by atoms with van der Waals surface area (Å²) in [5, 5.41) is 14.7. The van der Waals surface area contributed by atoms with Gasteiger partial charge in [-0.2, -0.15) is 0 Å². The van der Waals surface area contributed by atoms with Gasteiger partial charge in [-0.05, 0) is 42.7 Å². The van der Waals surface area contributed by atoms with Crippen LogP contribution in [0, 0.1) is 5.92 Å². The quantitative estimate of drug-likeness (QED) is 0.741. The van der Waals surface area contributed by atoms with Crippen LogP contribution in [0.1, 0.15) is 28.8 Å². The Morgan fingerprint density at radius 3 is 2.39 bits per heavy atom. The Balaban J connectivity index is 1.51. The van der Waals surface area contributed by atoms with Crippen molar-refractivity contribution < 1.29 is 19.5 Å². The highest BCUT2D eigenvalue weighted by atomic mass is 16.4. The van der Waals surface area contributed by atoms with Crippen LogP contribution >= 0.6 is 0 Å². The number of aliphatic carboxylic acids is 1. The molecule has 1 aliphatic heterocycles. The fraction of sp³-hybridized carbons (Fsp3) is 0.286. The van der Waals surface area contributed by atoms with E-state index in [0.717, 1.165) is 5.56 Å². The Morgan fingerprint density at radius 2 is 1.71 bits per heavy atom. The fourth-order valence-corrected chi connectivity index (χ4v) is 3.17. The number of carbonyl (C=O) groups is 3. The molecule has 7 heteroatoms. The molecule has 2 aromatic rings. The van der Waals surface area contributed by atoms with Crippen molar-refractivity contribution in [2.24, 2.45) is 5.92 Å². The van der Waals surface area contributed by atoms with Crippen LogP contribution in [0.15, 0.2) is 54.6 Å². The van der Waals surface area contributed by atoms with Crippen LogP contribution in [-0.2, 0) is 11.3 Å². The summed E-state index contributed by atoms with van der Waals surface area (Å²) in [5.74, 6) is -1.36. The molecule has 3 rings (SSSR count). The molecule has 0 unspecified atom stereocenters. The number of nitrogens with one attached hydrogen (secondary N) is 2. The van der Waals surface area contributed by atoms with E-state index in [0.29, 0.717) is 43.7 Å². The van der Waals surface area contributed by atoms with Crippen LogP contribution in [0.25, 0.3) is 0 Å². The van der Waals surface area contributed by atoms with Crippen molar-refractivity contribution >= 4 is 23.6 Å². The van der Waals surface area contributed by atoms with E-state index in [4.69, 9.17) is 5.11 Å². The number of benzene rings is 2. The topological polar surface area (TPSA) is 98.7 Å². The summed E-state index contributed by atoms with van der Waals surface area (Å²) >= 11 is 0. The Hall–Kier alpha value is -3.35. The molecule has 0 bridgehead atoms. The number of hydrogen-bond acceptors (Lipinski definition) is 3. The van der Waals surface area contributed by atoms with Crippen LogP contribution in [0.3, 0.4) is 0 Å². The van der Waals surface area contributed by atoms with E-state index in [-0.39, 0.29) is 17.9 Å². The van der Waals surface area contributed by atoms with Gasteiger partial charge in [0.25, 0.3) is 5.91 Å². The Morgan fingerprint density at radius 1 is 1.00 bits per heavy atom. The summed E-state index contributed by atoms with van der Waals surface area (Å²) in [4.78, 5) is 37.2. The van der Waals surface area contributed by atoms with Crippen molar-refractivity contribution in [2.75, 3.05) is 18.4 Å². The standard InChI is InChI=1S/C21H23N3O4/c25-19(16-6-2-1-3-7-16)23-18-8-4-5-15(13-18)14-22-21(28)24-11-9-17(10-12-24)20(26)27/h1-8,13,17H,9-12,14H2,(H,22,28)(H,23,25)(H,26,27). The highest BCUT2D eigenvalue weighted by Crippen LogP contribution is 2.17. The third-order valence-corrected chi connectivity index (χ3v) is 4.80. The third kappa shape index (κ3) is 5.09. The molecule has 0 atom stereocenters. The lowest BCUT2D eigenvalue weighted by atomic mass is 9.97. The molecular formula is C21H23N3O4.